The molecule has 0 saturated heterocycles. The van der Waals surface area contributed by atoms with E-state index in [2.05, 4.69) is 41.4 Å². The van der Waals surface area contributed by atoms with Crippen LogP contribution in [-0.2, 0) is 12.8 Å². The topological polar surface area (TPSA) is 67.6 Å². The fourth-order valence-electron chi connectivity index (χ4n) is 3.24. The number of nitrogens with one attached hydrogen (secondary N) is 1. The molecule has 4 rings (SSSR count). The first kappa shape index (κ1) is 11.5. The van der Waals surface area contributed by atoms with E-state index in [4.69, 9.17) is 10.7 Å². The SMILES string of the molecule is Cc1ccccc1-c1nc2n[nH]c(N)c2c2c1CCC2. The van der Waals surface area contributed by atoms with Gasteiger partial charge in [0.25, 0.3) is 0 Å². The third-order valence-corrected chi connectivity index (χ3v) is 4.20. The molecule has 100 valence electrons. The van der Waals surface area contributed by atoms with Gasteiger partial charge in [-0.25, -0.2) is 4.98 Å². The van der Waals surface area contributed by atoms with Gasteiger partial charge in [-0.1, -0.05) is 24.3 Å². The molecule has 1 aliphatic rings. The third kappa shape index (κ3) is 1.48. The van der Waals surface area contributed by atoms with Crippen molar-refractivity contribution in [1.82, 2.24) is 15.2 Å². The lowest BCUT2D eigenvalue weighted by atomic mass is 9.98. The van der Waals surface area contributed by atoms with Gasteiger partial charge in [-0.2, -0.15) is 5.10 Å². The Kier molecular flexibility index (Phi) is 2.33. The van der Waals surface area contributed by atoms with Crippen LogP contribution in [0.15, 0.2) is 24.3 Å². The molecular weight excluding hydrogens is 248 g/mol. The molecule has 2 heterocycles. The van der Waals surface area contributed by atoms with Gasteiger partial charge in [0.1, 0.15) is 5.82 Å². The minimum Gasteiger partial charge on any atom is -0.384 e. The van der Waals surface area contributed by atoms with Crippen molar-refractivity contribution in [1.29, 1.82) is 0 Å². The van der Waals surface area contributed by atoms with E-state index in [0.717, 1.165) is 29.6 Å². The van der Waals surface area contributed by atoms with Gasteiger partial charge in [0, 0.05) is 5.56 Å². The molecule has 4 heteroatoms. The zero-order valence-corrected chi connectivity index (χ0v) is 11.4. The highest BCUT2D eigenvalue weighted by Gasteiger charge is 2.23. The van der Waals surface area contributed by atoms with Crippen molar-refractivity contribution in [2.75, 3.05) is 5.73 Å². The highest BCUT2D eigenvalue weighted by atomic mass is 15.2. The number of rotatable bonds is 1. The summed E-state index contributed by atoms with van der Waals surface area (Å²) in [6.07, 6.45) is 3.31. The lowest BCUT2D eigenvalue weighted by Gasteiger charge is -2.11. The Labute approximate surface area is 117 Å². The molecule has 0 amide bonds. The number of anilines is 1. The molecule has 0 fully saturated rings. The van der Waals surface area contributed by atoms with E-state index < -0.39 is 0 Å². The van der Waals surface area contributed by atoms with Crippen LogP contribution in [-0.4, -0.2) is 15.2 Å². The quantitative estimate of drug-likeness (QED) is 0.710. The van der Waals surface area contributed by atoms with Crippen molar-refractivity contribution in [3.63, 3.8) is 0 Å². The van der Waals surface area contributed by atoms with Crippen LogP contribution in [0.5, 0.6) is 0 Å². The van der Waals surface area contributed by atoms with E-state index in [1.54, 1.807) is 0 Å². The van der Waals surface area contributed by atoms with Gasteiger partial charge in [0.15, 0.2) is 5.65 Å². The number of nitrogen functional groups attached to an aromatic ring is 1. The maximum Gasteiger partial charge on any atom is 0.183 e. The van der Waals surface area contributed by atoms with Crippen LogP contribution in [0, 0.1) is 6.92 Å². The van der Waals surface area contributed by atoms with Crippen molar-refractivity contribution in [2.24, 2.45) is 0 Å². The lowest BCUT2D eigenvalue weighted by Crippen LogP contribution is -1.97. The summed E-state index contributed by atoms with van der Waals surface area (Å²) in [5.41, 5.74) is 13.0. The number of hydrogen-bond donors (Lipinski definition) is 2. The lowest BCUT2D eigenvalue weighted by molar-refractivity contribution is 0.913. The van der Waals surface area contributed by atoms with Crippen LogP contribution in [0.25, 0.3) is 22.3 Å². The van der Waals surface area contributed by atoms with Crippen molar-refractivity contribution < 1.29 is 0 Å². The Bertz CT molecular complexity index is 817. The minimum absolute atomic E-state index is 0.641. The maximum absolute atomic E-state index is 6.01. The van der Waals surface area contributed by atoms with Gasteiger partial charge < -0.3 is 5.73 Å². The third-order valence-electron chi connectivity index (χ3n) is 4.20. The molecule has 0 radical (unpaired) electrons. The monoisotopic (exact) mass is 264 g/mol. The van der Waals surface area contributed by atoms with E-state index >= 15 is 0 Å². The maximum atomic E-state index is 6.01. The van der Waals surface area contributed by atoms with E-state index in [1.807, 2.05) is 0 Å². The molecule has 2 aromatic heterocycles. The predicted octanol–water partition coefficient (Wildman–Crippen LogP) is 3.00. The van der Waals surface area contributed by atoms with Gasteiger partial charge in [-0.05, 0) is 42.9 Å². The summed E-state index contributed by atoms with van der Waals surface area (Å²) in [5.74, 6) is 0.641. The zero-order valence-electron chi connectivity index (χ0n) is 11.4. The number of H-pyrrole nitrogens is 1. The van der Waals surface area contributed by atoms with E-state index in [0.29, 0.717) is 5.82 Å². The molecule has 0 atom stereocenters. The molecule has 1 aromatic carbocycles. The molecule has 3 aromatic rings. The number of aromatic nitrogens is 3. The second-order valence-corrected chi connectivity index (χ2v) is 5.42. The molecule has 0 unspecified atom stereocenters. The van der Waals surface area contributed by atoms with E-state index in [-0.39, 0.29) is 0 Å². The second-order valence-electron chi connectivity index (χ2n) is 5.42. The molecule has 0 saturated carbocycles. The van der Waals surface area contributed by atoms with Crippen molar-refractivity contribution in [3.05, 3.63) is 41.0 Å². The fourth-order valence-corrected chi connectivity index (χ4v) is 3.24. The van der Waals surface area contributed by atoms with Gasteiger partial charge in [-0.3, -0.25) is 5.10 Å². The first-order valence-corrected chi connectivity index (χ1v) is 6.97. The Hall–Kier alpha value is -2.36. The number of aromatic amines is 1. The Morgan fingerprint density at radius 3 is 2.80 bits per heavy atom. The molecule has 0 bridgehead atoms. The number of nitrogens with two attached hydrogens (primary N) is 1. The van der Waals surface area contributed by atoms with Gasteiger partial charge in [0.05, 0.1) is 11.1 Å². The van der Waals surface area contributed by atoms with Crippen molar-refractivity contribution >= 4 is 16.9 Å². The highest BCUT2D eigenvalue weighted by Crippen LogP contribution is 2.37. The summed E-state index contributed by atoms with van der Waals surface area (Å²) in [6, 6.07) is 8.39. The second kappa shape index (κ2) is 4.07. The van der Waals surface area contributed by atoms with Crippen LogP contribution in [0.2, 0.25) is 0 Å². The number of fused-ring (bicyclic) bond motifs is 3. The van der Waals surface area contributed by atoms with Crippen LogP contribution in [0.4, 0.5) is 5.82 Å². The Morgan fingerprint density at radius 1 is 1.15 bits per heavy atom. The van der Waals surface area contributed by atoms with Crippen LogP contribution < -0.4 is 5.73 Å². The first-order chi connectivity index (χ1) is 9.75. The molecule has 0 spiro atoms. The predicted molar refractivity (Wildman–Crippen MR) is 80.5 cm³/mol. The molecule has 20 heavy (non-hydrogen) atoms. The number of benzene rings is 1. The highest BCUT2D eigenvalue weighted by molar-refractivity contribution is 5.93. The first-order valence-electron chi connectivity index (χ1n) is 6.97. The van der Waals surface area contributed by atoms with Crippen LogP contribution in [0.3, 0.4) is 0 Å². The van der Waals surface area contributed by atoms with Crippen molar-refractivity contribution in [3.8, 4) is 11.3 Å². The molecule has 4 nitrogen and oxygen atoms in total. The largest absolute Gasteiger partial charge is 0.384 e. The molecule has 3 N–H and O–H groups in total. The van der Waals surface area contributed by atoms with Gasteiger partial charge in [-0.15, -0.1) is 0 Å². The summed E-state index contributed by atoms with van der Waals surface area (Å²) >= 11 is 0. The van der Waals surface area contributed by atoms with E-state index in [1.165, 1.54) is 28.7 Å². The summed E-state index contributed by atoms with van der Waals surface area (Å²) in [7, 11) is 0. The number of aryl methyl sites for hydroxylation is 2. The summed E-state index contributed by atoms with van der Waals surface area (Å²) in [4.78, 5) is 4.78. The normalized spacial score (nSPS) is 13.8. The average molecular weight is 264 g/mol. The number of pyridine rings is 1. The van der Waals surface area contributed by atoms with Gasteiger partial charge in [0.2, 0.25) is 0 Å². The zero-order chi connectivity index (χ0) is 13.7. The summed E-state index contributed by atoms with van der Waals surface area (Å²) < 4.78 is 0. The number of hydrogen-bond acceptors (Lipinski definition) is 3. The van der Waals surface area contributed by atoms with Crippen molar-refractivity contribution in [2.45, 2.75) is 26.2 Å². The summed E-state index contributed by atoms with van der Waals surface area (Å²) in [6.45, 7) is 2.13. The molecular formula is C16H16N4. The smallest absolute Gasteiger partial charge is 0.183 e. The van der Waals surface area contributed by atoms with Crippen LogP contribution >= 0.6 is 0 Å². The number of nitrogens with zero attached hydrogens (tertiary/aromatic N) is 2. The Morgan fingerprint density at radius 2 is 1.95 bits per heavy atom. The van der Waals surface area contributed by atoms with E-state index in [9.17, 15) is 0 Å². The average Bonchev–Trinajstić information content (AvgIpc) is 3.05. The molecule has 0 aliphatic heterocycles. The Balaban J connectivity index is 2.09. The molecule has 1 aliphatic carbocycles. The summed E-state index contributed by atoms with van der Waals surface area (Å²) in [5, 5.41) is 8.14. The standard InChI is InChI=1S/C16H16N4/c1-9-5-2-3-6-10(9)14-12-8-4-7-11(12)13-15(17)19-20-16(13)18-14/h2-3,5-6H,4,7-8H2,1H3,(H3,17,18,19,20). The fraction of sp³-hybridized carbons (Fsp3) is 0.250. The minimum atomic E-state index is 0.641. The van der Waals surface area contributed by atoms with Crippen LogP contribution in [0.1, 0.15) is 23.1 Å². The van der Waals surface area contributed by atoms with Gasteiger partial charge >= 0.3 is 0 Å².